The molecule has 128 valence electrons. The summed E-state index contributed by atoms with van der Waals surface area (Å²) in [6, 6.07) is 0.607. The van der Waals surface area contributed by atoms with Crippen LogP contribution in [0.25, 0.3) is 0 Å². The fraction of sp³-hybridized carbons (Fsp3) is 0.875. The molecule has 0 aromatic rings. The van der Waals surface area contributed by atoms with E-state index in [4.69, 9.17) is 14.6 Å². The number of carbonyl (C=O) groups is 2. The van der Waals surface area contributed by atoms with Crippen LogP contribution in [0.2, 0.25) is 0 Å². The Bertz CT molecular complexity index is 397. The zero-order chi connectivity index (χ0) is 17.0. The number of amides is 1. The predicted molar refractivity (Wildman–Crippen MR) is 84.8 cm³/mol. The van der Waals surface area contributed by atoms with Crippen LogP contribution in [0, 0.1) is 0 Å². The lowest BCUT2D eigenvalue weighted by atomic mass is 9.79. The second-order valence-electron chi connectivity index (χ2n) is 6.70. The highest BCUT2D eigenvalue weighted by Crippen LogP contribution is 2.39. The average molecular weight is 314 g/mol. The summed E-state index contributed by atoms with van der Waals surface area (Å²) in [5.41, 5.74) is -0.776. The molecule has 0 aromatic carbocycles. The van der Waals surface area contributed by atoms with Gasteiger partial charge in [-0.25, -0.2) is 0 Å². The van der Waals surface area contributed by atoms with Gasteiger partial charge in [-0.2, -0.15) is 0 Å². The molecule has 0 aromatic heterocycles. The number of ether oxygens (including phenoxy) is 1. The van der Waals surface area contributed by atoms with Crippen molar-refractivity contribution in [1.82, 2.24) is 10.2 Å². The highest BCUT2D eigenvalue weighted by molar-refractivity contribution is 5.85. The first-order valence-corrected chi connectivity index (χ1v) is 8.02. The summed E-state index contributed by atoms with van der Waals surface area (Å²) >= 11 is 0. The molecule has 6 heteroatoms. The van der Waals surface area contributed by atoms with Crippen LogP contribution < -0.4 is 5.32 Å². The quantitative estimate of drug-likeness (QED) is 0.810. The van der Waals surface area contributed by atoms with Crippen molar-refractivity contribution in [2.75, 3.05) is 20.1 Å². The second kappa shape index (κ2) is 7.42. The van der Waals surface area contributed by atoms with E-state index in [1.807, 2.05) is 32.7 Å². The Hall–Kier alpha value is -1.14. The van der Waals surface area contributed by atoms with Crippen molar-refractivity contribution in [3.05, 3.63) is 0 Å². The van der Waals surface area contributed by atoms with Crippen molar-refractivity contribution in [2.45, 2.75) is 70.6 Å². The molecule has 0 bridgehead atoms. The highest BCUT2D eigenvalue weighted by Gasteiger charge is 2.50. The van der Waals surface area contributed by atoms with Gasteiger partial charge in [0.1, 0.15) is 5.60 Å². The number of carbonyl (C=O) groups excluding carboxylic acids is 1. The van der Waals surface area contributed by atoms with E-state index in [9.17, 15) is 4.79 Å². The Kier molecular flexibility index (Phi) is 6.38. The summed E-state index contributed by atoms with van der Waals surface area (Å²) < 4.78 is 6.22. The molecule has 6 nitrogen and oxygen atoms in total. The molecule has 0 atom stereocenters. The second-order valence-corrected chi connectivity index (χ2v) is 6.70. The molecule has 0 radical (unpaired) electrons. The van der Waals surface area contributed by atoms with Gasteiger partial charge < -0.3 is 20.1 Å². The topological polar surface area (TPSA) is 78.9 Å². The minimum atomic E-state index is -0.833. The number of morpholine rings is 1. The van der Waals surface area contributed by atoms with E-state index in [-0.39, 0.29) is 11.5 Å². The van der Waals surface area contributed by atoms with Crippen molar-refractivity contribution in [3.63, 3.8) is 0 Å². The van der Waals surface area contributed by atoms with Crippen molar-refractivity contribution < 1.29 is 19.4 Å². The van der Waals surface area contributed by atoms with Gasteiger partial charge in [-0.3, -0.25) is 9.59 Å². The van der Waals surface area contributed by atoms with Crippen molar-refractivity contribution in [1.29, 1.82) is 0 Å². The fourth-order valence-electron chi connectivity index (χ4n) is 3.37. The third kappa shape index (κ3) is 4.68. The molecule has 1 heterocycles. The average Bonchev–Trinajstić information content (AvgIpc) is 2.43. The number of carboxylic acids is 1. The minimum Gasteiger partial charge on any atom is -0.481 e. The highest BCUT2D eigenvalue weighted by atomic mass is 16.5. The van der Waals surface area contributed by atoms with E-state index >= 15 is 0 Å². The molecular weight excluding hydrogens is 284 g/mol. The van der Waals surface area contributed by atoms with Gasteiger partial charge in [-0.15, -0.1) is 0 Å². The van der Waals surface area contributed by atoms with Crippen LogP contribution in [0.1, 0.15) is 53.4 Å². The molecule has 0 unspecified atom stereocenters. The van der Waals surface area contributed by atoms with Gasteiger partial charge >= 0.3 is 0 Å². The van der Waals surface area contributed by atoms with Crippen LogP contribution in [0.4, 0.5) is 0 Å². The predicted octanol–water partition coefficient (Wildman–Crippen LogP) is 1.64. The van der Waals surface area contributed by atoms with E-state index in [0.717, 1.165) is 45.7 Å². The maximum Gasteiger partial charge on any atom is 0.300 e. The van der Waals surface area contributed by atoms with Gasteiger partial charge in [0, 0.05) is 26.1 Å². The summed E-state index contributed by atoms with van der Waals surface area (Å²) in [5.74, 6) is -0.702. The molecule has 1 spiro atoms. The summed E-state index contributed by atoms with van der Waals surface area (Å²) in [6.07, 6.45) is 4.37. The van der Waals surface area contributed by atoms with Crippen LogP contribution in [0.3, 0.4) is 0 Å². The maximum absolute atomic E-state index is 12.2. The molecule has 2 fully saturated rings. The lowest BCUT2D eigenvalue weighted by molar-refractivity contribution is -0.214. The van der Waals surface area contributed by atoms with Crippen LogP contribution in [-0.2, 0) is 14.3 Å². The number of likely N-dealkylation sites (N-methyl/N-ethyl adjacent to an activating group) is 1. The molecule has 1 saturated carbocycles. The van der Waals surface area contributed by atoms with Gasteiger partial charge in [0.15, 0.2) is 0 Å². The van der Waals surface area contributed by atoms with E-state index in [2.05, 4.69) is 5.32 Å². The standard InChI is InChI=1S/C14H26N2O2.C2H4O2/c1-5-16-10-14(18-13(2,3)12(16)17)8-6-11(15-4)7-9-14;1-2(3)4/h11,15H,5-10H2,1-4H3;1H3,(H,3,4)/t11-,14+;. The van der Waals surface area contributed by atoms with Crippen LogP contribution in [0.15, 0.2) is 0 Å². The number of hydrogen-bond acceptors (Lipinski definition) is 4. The molecule has 1 amide bonds. The third-order valence-corrected chi connectivity index (χ3v) is 4.44. The summed E-state index contributed by atoms with van der Waals surface area (Å²) in [7, 11) is 2.02. The maximum atomic E-state index is 12.2. The Balaban J connectivity index is 0.000000541. The smallest absolute Gasteiger partial charge is 0.300 e. The molecule has 1 saturated heterocycles. The molecule has 1 aliphatic heterocycles. The largest absolute Gasteiger partial charge is 0.481 e. The lowest BCUT2D eigenvalue weighted by Gasteiger charge is -2.51. The van der Waals surface area contributed by atoms with Crippen molar-refractivity contribution in [3.8, 4) is 0 Å². The van der Waals surface area contributed by atoms with Crippen LogP contribution >= 0.6 is 0 Å². The van der Waals surface area contributed by atoms with Gasteiger partial charge in [0.05, 0.1) is 5.60 Å². The molecule has 1 aliphatic carbocycles. The Labute approximate surface area is 133 Å². The zero-order valence-electron chi connectivity index (χ0n) is 14.4. The normalized spacial score (nSPS) is 30.7. The van der Waals surface area contributed by atoms with E-state index in [1.165, 1.54) is 0 Å². The summed E-state index contributed by atoms with van der Waals surface area (Å²) in [4.78, 5) is 23.2. The molecular formula is C16H30N2O4. The number of carboxylic acid groups (broad SMARTS) is 1. The van der Waals surface area contributed by atoms with E-state index in [1.54, 1.807) is 0 Å². The molecule has 2 aliphatic rings. The number of hydrogen-bond donors (Lipinski definition) is 2. The van der Waals surface area contributed by atoms with Crippen LogP contribution in [0.5, 0.6) is 0 Å². The summed E-state index contributed by atoms with van der Waals surface area (Å²) in [6.45, 7) is 8.49. The fourth-order valence-corrected chi connectivity index (χ4v) is 3.37. The van der Waals surface area contributed by atoms with E-state index < -0.39 is 11.6 Å². The Morgan fingerprint density at radius 2 is 1.91 bits per heavy atom. The van der Waals surface area contributed by atoms with Crippen molar-refractivity contribution >= 4 is 11.9 Å². The number of aliphatic carboxylic acids is 1. The number of nitrogens with one attached hydrogen (secondary N) is 1. The first kappa shape index (κ1) is 18.9. The van der Waals surface area contributed by atoms with Gasteiger partial charge in [0.25, 0.3) is 11.9 Å². The molecule has 2 N–H and O–H groups in total. The number of rotatable bonds is 2. The van der Waals surface area contributed by atoms with Gasteiger partial charge in [-0.05, 0) is 53.5 Å². The van der Waals surface area contributed by atoms with Crippen molar-refractivity contribution in [2.24, 2.45) is 0 Å². The lowest BCUT2D eigenvalue weighted by Crippen LogP contribution is -2.64. The van der Waals surface area contributed by atoms with E-state index in [0.29, 0.717) is 6.04 Å². The van der Waals surface area contributed by atoms with Gasteiger partial charge in [0.2, 0.25) is 0 Å². The SMILES string of the molecule is CC(=O)O.CCN1C[C@]2(CC[C@H](NC)CC2)OC(C)(C)C1=O. The van der Waals surface area contributed by atoms with Crippen LogP contribution in [-0.4, -0.2) is 59.3 Å². The monoisotopic (exact) mass is 314 g/mol. The first-order chi connectivity index (χ1) is 10.2. The zero-order valence-corrected chi connectivity index (χ0v) is 14.4. The Morgan fingerprint density at radius 1 is 1.41 bits per heavy atom. The number of nitrogens with zero attached hydrogens (tertiary/aromatic N) is 1. The molecule has 22 heavy (non-hydrogen) atoms. The van der Waals surface area contributed by atoms with Gasteiger partial charge in [-0.1, -0.05) is 0 Å². The third-order valence-electron chi connectivity index (χ3n) is 4.44. The minimum absolute atomic E-state index is 0.110. The Morgan fingerprint density at radius 3 is 2.32 bits per heavy atom. The molecule has 2 rings (SSSR count). The summed E-state index contributed by atoms with van der Waals surface area (Å²) in [5, 5.41) is 10.8. The first-order valence-electron chi connectivity index (χ1n) is 8.02.